The lowest BCUT2D eigenvalue weighted by Crippen LogP contribution is -2.35. The summed E-state index contributed by atoms with van der Waals surface area (Å²) in [6.07, 6.45) is 0. The number of nitrogens with zero attached hydrogens (tertiary/aromatic N) is 5. The van der Waals surface area contributed by atoms with E-state index in [0.717, 1.165) is 22.5 Å². The second-order valence-electron chi connectivity index (χ2n) is 7.26. The van der Waals surface area contributed by atoms with E-state index in [1.165, 1.54) is 9.08 Å². The zero-order valence-corrected chi connectivity index (χ0v) is 16.8. The molecular weight excluding hydrogens is 382 g/mol. The molecule has 4 aromatic rings. The van der Waals surface area contributed by atoms with E-state index in [0.29, 0.717) is 16.9 Å². The number of rotatable bonds is 5. The molecule has 9 nitrogen and oxygen atoms in total. The standard InChI is InChI=1S/C21H23N7O2/c1-12-8-15(9-13(2)24-12)17-18(14-6-4-3-5-7-14)25-20(23)28-19(17)26-27(21(28)30)10-16(22)11-29/h3-9,16,29H,10-11,22H2,1-2H3,(H2,23,25)/t16-/m1/s1. The first-order valence-corrected chi connectivity index (χ1v) is 9.55. The van der Waals surface area contributed by atoms with Gasteiger partial charge in [0.1, 0.15) is 0 Å². The van der Waals surface area contributed by atoms with Gasteiger partial charge in [0.05, 0.1) is 24.4 Å². The van der Waals surface area contributed by atoms with E-state index in [1.54, 1.807) is 0 Å². The van der Waals surface area contributed by atoms with Gasteiger partial charge in [-0.3, -0.25) is 4.98 Å². The van der Waals surface area contributed by atoms with Crippen LogP contribution in [0.3, 0.4) is 0 Å². The fraction of sp³-hybridized carbons (Fsp3) is 0.238. The summed E-state index contributed by atoms with van der Waals surface area (Å²) in [5.74, 6) is 0.0314. The van der Waals surface area contributed by atoms with Crippen molar-refractivity contribution in [3.8, 4) is 22.4 Å². The first kappa shape index (κ1) is 19.7. The maximum absolute atomic E-state index is 13.0. The Labute approximate surface area is 172 Å². The predicted molar refractivity (Wildman–Crippen MR) is 115 cm³/mol. The number of nitrogen functional groups attached to an aromatic ring is 1. The lowest BCUT2D eigenvalue weighted by atomic mass is 9.99. The molecule has 3 aromatic heterocycles. The molecule has 0 unspecified atom stereocenters. The van der Waals surface area contributed by atoms with Gasteiger partial charge in [0, 0.05) is 23.0 Å². The maximum Gasteiger partial charge on any atom is 0.353 e. The van der Waals surface area contributed by atoms with Gasteiger partial charge in [-0.1, -0.05) is 30.3 Å². The molecule has 0 radical (unpaired) electrons. The summed E-state index contributed by atoms with van der Waals surface area (Å²) in [6, 6.07) is 12.8. The van der Waals surface area contributed by atoms with E-state index < -0.39 is 11.7 Å². The van der Waals surface area contributed by atoms with E-state index in [9.17, 15) is 9.90 Å². The van der Waals surface area contributed by atoms with Crippen molar-refractivity contribution in [2.24, 2.45) is 5.73 Å². The quantitative estimate of drug-likeness (QED) is 0.453. The van der Waals surface area contributed by atoms with Crippen LogP contribution in [0.5, 0.6) is 0 Å². The van der Waals surface area contributed by atoms with Gasteiger partial charge in [-0.05, 0) is 31.5 Å². The average Bonchev–Trinajstić information content (AvgIpc) is 3.04. The summed E-state index contributed by atoms with van der Waals surface area (Å²) in [6.45, 7) is 3.61. The van der Waals surface area contributed by atoms with Gasteiger partial charge >= 0.3 is 5.69 Å². The molecule has 0 fully saturated rings. The van der Waals surface area contributed by atoms with Gasteiger partial charge in [-0.15, -0.1) is 5.10 Å². The molecular formula is C21H23N7O2. The van der Waals surface area contributed by atoms with Gasteiger partial charge in [0.15, 0.2) is 5.65 Å². The Kier molecular flexibility index (Phi) is 5.06. The van der Waals surface area contributed by atoms with Crippen molar-refractivity contribution in [3.05, 3.63) is 64.3 Å². The third kappa shape index (κ3) is 3.44. The highest BCUT2D eigenvalue weighted by Gasteiger charge is 2.22. The molecule has 9 heteroatoms. The molecule has 0 aliphatic heterocycles. The van der Waals surface area contributed by atoms with Crippen LogP contribution in [0.25, 0.3) is 28.0 Å². The topological polar surface area (TPSA) is 137 Å². The molecule has 0 aliphatic rings. The highest BCUT2D eigenvalue weighted by atomic mass is 16.3. The van der Waals surface area contributed by atoms with E-state index in [4.69, 9.17) is 11.5 Å². The molecule has 4 rings (SSSR count). The van der Waals surface area contributed by atoms with Gasteiger partial charge in [0.25, 0.3) is 0 Å². The number of hydrogen-bond acceptors (Lipinski definition) is 7. The fourth-order valence-corrected chi connectivity index (χ4v) is 3.55. The van der Waals surface area contributed by atoms with Crippen LogP contribution in [0.2, 0.25) is 0 Å². The van der Waals surface area contributed by atoms with Crippen molar-refractivity contribution in [2.75, 3.05) is 12.3 Å². The largest absolute Gasteiger partial charge is 0.395 e. The SMILES string of the molecule is Cc1cc(-c2c(-c3ccccc3)nc(N)n3c(=O)n(C[C@@H](N)CO)nc23)cc(C)n1. The van der Waals surface area contributed by atoms with Crippen molar-refractivity contribution in [3.63, 3.8) is 0 Å². The van der Waals surface area contributed by atoms with Gasteiger partial charge in [0.2, 0.25) is 5.95 Å². The van der Waals surface area contributed by atoms with Crippen LogP contribution in [-0.4, -0.2) is 41.9 Å². The normalized spacial score (nSPS) is 12.4. The smallest absolute Gasteiger partial charge is 0.353 e. The Morgan fingerprint density at radius 3 is 2.37 bits per heavy atom. The maximum atomic E-state index is 13.0. The zero-order chi connectivity index (χ0) is 21.4. The molecule has 0 spiro atoms. The molecule has 1 atom stereocenters. The second kappa shape index (κ2) is 7.69. The number of benzene rings is 1. The van der Waals surface area contributed by atoms with Gasteiger partial charge in [-0.25, -0.2) is 18.9 Å². The summed E-state index contributed by atoms with van der Waals surface area (Å²) in [7, 11) is 0. The number of aliphatic hydroxyl groups is 1. The number of hydrogen-bond donors (Lipinski definition) is 3. The van der Waals surface area contributed by atoms with E-state index in [-0.39, 0.29) is 19.1 Å². The van der Waals surface area contributed by atoms with Crippen molar-refractivity contribution < 1.29 is 5.11 Å². The van der Waals surface area contributed by atoms with Crippen molar-refractivity contribution >= 4 is 11.6 Å². The highest BCUT2D eigenvalue weighted by molar-refractivity contribution is 5.90. The lowest BCUT2D eigenvalue weighted by Gasteiger charge is -2.13. The number of fused-ring (bicyclic) bond motifs is 1. The van der Waals surface area contributed by atoms with Gasteiger partial charge < -0.3 is 16.6 Å². The number of anilines is 1. The average molecular weight is 405 g/mol. The Bertz CT molecular complexity index is 1260. The number of pyridine rings is 1. The summed E-state index contributed by atoms with van der Waals surface area (Å²) >= 11 is 0. The molecule has 3 heterocycles. The van der Waals surface area contributed by atoms with Crippen LogP contribution < -0.4 is 17.2 Å². The fourth-order valence-electron chi connectivity index (χ4n) is 3.55. The van der Waals surface area contributed by atoms with Crippen LogP contribution in [-0.2, 0) is 6.54 Å². The predicted octanol–water partition coefficient (Wildman–Crippen LogP) is 1.14. The van der Waals surface area contributed by atoms with Crippen molar-refractivity contribution in [1.29, 1.82) is 0 Å². The highest BCUT2D eigenvalue weighted by Crippen LogP contribution is 2.34. The Balaban J connectivity index is 2.10. The summed E-state index contributed by atoms with van der Waals surface area (Å²) in [5, 5.41) is 13.8. The first-order valence-electron chi connectivity index (χ1n) is 9.55. The minimum absolute atomic E-state index is 0.0314. The Morgan fingerprint density at radius 2 is 1.73 bits per heavy atom. The third-order valence-corrected chi connectivity index (χ3v) is 4.81. The Hall–Kier alpha value is -3.56. The Morgan fingerprint density at radius 1 is 1.07 bits per heavy atom. The lowest BCUT2D eigenvalue weighted by molar-refractivity contribution is 0.249. The molecule has 154 valence electrons. The second-order valence-corrected chi connectivity index (χ2v) is 7.26. The molecule has 0 saturated carbocycles. The van der Waals surface area contributed by atoms with Crippen LogP contribution >= 0.6 is 0 Å². The summed E-state index contributed by atoms with van der Waals surface area (Å²) < 4.78 is 2.49. The van der Waals surface area contributed by atoms with Crippen LogP contribution in [0.15, 0.2) is 47.3 Å². The van der Waals surface area contributed by atoms with E-state index in [1.807, 2.05) is 56.3 Å². The number of nitrogens with two attached hydrogens (primary N) is 2. The summed E-state index contributed by atoms with van der Waals surface area (Å²) in [4.78, 5) is 22.0. The minimum atomic E-state index is -0.621. The zero-order valence-electron chi connectivity index (χ0n) is 16.8. The molecule has 0 amide bonds. The molecule has 5 N–H and O–H groups in total. The number of aromatic nitrogens is 5. The monoisotopic (exact) mass is 405 g/mol. The van der Waals surface area contributed by atoms with Crippen LogP contribution in [0, 0.1) is 13.8 Å². The summed E-state index contributed by atoms with van der Waals surface area (Å²) in [5.41, 5.74) is 16.6. The molecule has 0 bridgehead atoms. The van der Waals surface area contributed by atoms with Crippen molar-refractivity contribution in [1.82, 2.24) is 24.1 Å². The molecule has 30 heavy (non-hydrogen) atoms. The molecule has 0 saturated heterocycles. The van der Waals surface area contributed by atoms with Crippen LogP contribution in [0.4, 0.5) is 5.95 Å². The van der Waals surface area contributed by atoms with Crippen LogP contribution in [0.1, 0.15) is 11.4 Å². The first-order chi connectivity index (χ1) is 14.4. The van der Waals surface area contributed by atoms with Gasteiger partial charge in [-0.2, -0.15) is 0 Å². The number of aliphatic hydroxyl groups excluding tert-OH is 1. The minimum Gasteiger partial charge on any atom is -0.395 e. The molecule has 0 aliphatic carbocycles. The van der Waals surface area contributed by atoms with E-state index >= 15 is 0 Å². The molecule has 1 aromatic carbocycles. The number of aryl methyl sites for hydroxylation is 2. The third-order valence-electron chi connectivity index (χ3n) is 4.81. The van der Waals surface area contributed by atoms with Crippen molar-refractivity contribution in [2.45, 2.75) is 26.4 Å². The van der Waals surface area contributed by atoms with E-state index in [2.05, 4.69) is 15.1 Å².